The van der Waals surface area contributed by atoms with Crippen LogP contribution in [0.4, 0.5) is 0 Å². The Morgan fingerprint density at radius 1 is 1.12 bits per heavy atom. The molecule has 0 heterocycles. The van der Waals surface area contributed by atoms with Crippen molar-refractivity contribution in [2.24, 2.45) is 0 Å². The molecule has 0 aliphatic carbocycles. The number of hydrogen-bond donors (Lipinski definition) is 0. The standard InChI is InChI=1S/C19H21NO5/c1-19(2,3)25-17(21)14(11-20)10-13-8-6-7-9-15(13)16(12-23-4)18(22)24-5/h6-10,12H,1-5H3. The van der Waals surface area contributed by atoms with Crippen molar-refractivity contribution in [2.45, 2.75) is 26.4 Å². The first kappa shape index (κ1) is 20.0. The lowest BCUT2D eigenvalue weighted by Crippen LogP contribution is -2.24. The van der Waals surface area contributed by atoms with Gasteiger partial charge in [0.15, 0.2) is 0 Å². The maximum atomic E-state index is 12.1. The molecule has 0 saturated heterocycles. The second-order valence-corrected chi connectivity index (χ2v) is 6.02. The molecule has 25 heavy (non-hydrogen) atoms. The van der Waals surface area contributed by atoms with Crippen molar-refractivity contribution in [3.8, 4) is 6.07 Å². The Hall–Kier alpha value is -3.07. The van der Waals surface area contributed by atoms with Gasteiger partial charge >= 0.3 is 11.9 Å². The molecule has 1 aromatic rings. The van der Waals surface area contributed by atoms with Gasteiger partial charge in [-0.15, -0.1) is 0 Å². The van der Waals surface area contributed by atoms with E-state index in [1.54, 1.807) is 45.0 Å². The first-order chi connectivity index (χ1) is 11.7. The predicted octanol–water partition coefficient (Wildman–Crippen LogP) is 3.10. The molecule has 0 spiro atoms. The fourth-order valence-electron chi connectivity index (χ4n) is 1.94. The van der Waals surface area contributed by atoms with E-state index >= 15 is 0 Å². The lowest BCUT2D eigenvalue weighted by atomic mass is 9.98. The van der Waals surface area contributed by atoms with Crippen LogP contribution in [0.15, 0.2) is 36.1 Å². The molecule has 6 nitrogen and oxygen atoms in total. The molecule has 6 heteroatoms. The summed E-state index contributed by atoms with van der Waals surface area (Å²) in [5, 5.41) is 9.29. The molecule has 1 aromatic carbocycles. The smallest absolute Gasteiger partial charge is 0.349 e. The van der Waals surface area contributed by atoms with Crippen LogP contribution < -0.4 is 0 Å². The van der Waals surface area contributed by atoms with Crippen LogP contribution in [0.2, 0.25) is 0 Å². The van der Waals surface area contributed by atoms with Gasteiger partial charge in [0.05, 0.1) is 20.5 Å². The number of benzene rings is 1. The molecule has 0 radical (unpaired) electrons. The highest BCUT2D eigenvalue weighted by atomic mass is 16.6. The Bertz CT molecular complexity index is 748. The molecule has 0 aliphatic heterocycles. The number of hydrogen-bond acceptors (Lipinski definition) is 6. The molecule has 132 valence electrons. The van der Waals surface area contributed by atoms with Crippen molar-refractivity contribution in [3.05, 3.63) is 47.2 Å². The van der Waals surface area contributed by atoms with Gasteiger partial charge in [-0.05, 0) is 38.0 Å². The van der Waals surface area contributed by atoms with Gasteiger partial charge in [-0.3, -0.25) is 0 Å². The number of nitrogens with zero attached hydrogens (tertiary/aromatic N) is 1. The Labute approximate surface area is 147 Å². The molecule has 0 saturated carbocycles. The number of carbonyl (C=O) groups is 2. The largest absolute Gasteiger partial charge is 0.503 e. The summed E-state index contributed by atoms with van der Waals surface area (Å²) in [5.74, 6) is -1.33. The third-order valence-corrected chi connectivity index (χ3v) is 2.93. The van der Waals surface area contributed by atoms with Gasteiger partial charge in [0, 0.05) is 0 Å². The average Bonchev–Trinajstić information content (AvgIpc) is 2.55. The number of methoxy groups -OCH3 is 2. The third-order valence-electron chi connectivity index (χ3n) is 2.93. The fourth-order valence-corrected chi connectivity index (χ4v) is 1.94. The second kappa shape index (κ2) is 8.69. The Morgan fingerprint density at radius 3 is 2.28 bits per heavy atom. The Morgan fingerprint density at radius 2 is 1.76 bits per heavy atom. The summed E-state index contributed by atoms with van der Waals surface area (Å²) in [4.78, 5) is 24.1. The van der Waals surface area contributed by atoms with Crippen LogP contribution in [-0.4, -0.2) is 31.8 Å². The maximum Gasteiger partial charge on any atom is 0.349 e. The Balaban J connectivity index is 3.39. The fraction of sp³-hybridized carbons (Fsp3) is 0.316. The summed E-state index contributed by atoms with van der Waals surface area (Å²) in [5.41, 5.74) is 0.216. The minimum Gasteiger partial charge on any atom is -0.503 e. The lowest BCUT2D eigenvalue weighted by molar-refractivity contribution is -0.149. The van der Waals surface area contributed by atoms with E-state index in [0.29, 0.717) is 11.1 Å². The minimum absolute atomic E-state index is 0.165. The first-order valence-corrected chi connectivity index (χ1v) is 7.49. The molecule has 0 atom stereocenters. The Kier molecular flexibility index (Phi) is 6.94. The van der Waals surface area contributed by atoms with E-state index in [4.69, 9.17) is 14.2 Å². The minimum atomic E-state index is -0.736. The summed E-state index contributed by atoms with van der Waals surface area (Å²) in [6.45, 7) is 5.14. The number of ether oxygens (including phenoxy) is 3. The van der Waals surface area contributed by atoms with Crippen molar-refractivity contribution >= 4 is 23.6 Å². The number of esters is 2. The van der Waals surface area contributed by atoms with Crippen LogP contribution in [0.1, 0.15) is 31.9 Å². The highest BCUT2D eigenvalue weighted by Crippen LogP contribution is 2.23. The van der Waals surface area contributed by atoms with Crippen molar-refractivity contribution in [2.75, 3.05) is 14.2 Å². The molecule has 0 N–H and O–H groups in total. The molecule has 0 aliphatic rings. The van der Waals surface area contributed by atoms with Crippen LogP contribution in [0.5, 0.6) is 0 Å². The van der Waals surface area contributed by atoms with Gasteiger partial charge in [0.1, 0.15) is 22.8 Å². The van der Waals surface area contributed by atoms with Gasteiger partial charge in [0.2, 0.25) is 0 Å². The molecule has 0 fully saturated rings. The predicted molar refractivity (Wildman–Crippen MR) is 92.9 cm³/mol. The van der Waals surface area contributed by atoms with E-state index in [9.17, 15) is 14.9 Å². The zero-order chi connectivity index (χ0) is 19.0. The van der Waals surface area contributed by atoms with Crippen LogP contribution in [0.25, 0.3) is 11.6 Å². The van der Waals surface area contributed by atoms with E-state index in [2.05, 4.69) is 0 Å². The quantitative estimate of drug-likeness (QED) is 0.353. The second-order valence-electron chi connectivity index (χ2n) is 6.02. The summed E-state index contributed by atoms with van der Waals surface area (Å²) in [6.07, 6.45) is 2.62. The normalized spacial score (nSPS) is 12.2. The lowest BCUT2D eigenvalue weighted by Gasteiger charge is -2.19. The average molecular weight is 343 g/mol. The number of nitriles is 1. The van der Waals surface area contributed by atoms with Crippen LogP contribution in [0.3, 0.4) is 0 Å². The zero-order valence-electron chi connectivity index (χ0n) is 15.0. The van der Waals surface area contributed by atoms with Crippen LogP contribution in [0, 0.1) is 11.3 Å². The van der Waals surface area contributed by atoms with Gasteiger partial charge in [0.25, 0.3) is 0 Å². The highest BCUT2D eigenvalue weighted by Gasteiger charge is 2.21. The van der Waals surface area contributed by atoms with Crippen molar-refractivity contribution in [3.63, 3.8) is 0 Å². The van der Waals surface area contributed by atoms with E-state index in [0.717, 1.165) is 0 Å². The summed E-state index contributed by atoms with van der Waals surface area (Å²) in [6, 6.07) is 8.61. The number of rotatable bonds is 5. The van der Waals surface area contributed by atoms with E-state index < -0.39 is 17.5 Å². The van der Waals surface area contributed by atoms with Crippen LogP contribution >= 0.6 is 0 Å². The van der Waals surface area contributed by atoms with Crippen molar-refractivity contribution in [1.82, 2.24) is 0 Å². The highest BCUT2D eigenvalue weighted by molar-refractivity contribution is 6.17. The molecule has 1 rings (SSSR count). The molecule has 0 unspecified atom stereocenters. The summed E-state index contributed by atoms with van der Waals surface area (Å²) < 4.78 is 14.9. The van der Waals surface area contributed by atoms with E-state index in [-0.39, 0.29) is 11.1 Å². The molecular weight excluding hydrogens is 322 g/mol. The molecular formula is C19H21NO5. The zero-order valence-corrected chi connectivity index (χ0v) is 15.0. The summed E-state index contributed by atoms with van der Waals surface area (Å²) >= 11 is 0. The SMILES string of the molecule is COC=C(C(=O)OC)c1ccccc1C=C(C#N)C(=O)OC(C)(C)C. The van der Waals surface area contributed by atoms with E-state index in [1.807, 2.05) is 6.07 Å². The summed E-state index contributed by atoms with van der Waals surface area (Å²) in [7, 11) is 2.66. The van der Waals surface area contributed by atoms with Gasteiger partial charge in [-0.25, -0.2) is 9.59 Å². The number of carbonyl (C=O) groups excluding carboxylic acids is 2. The first-order valence-electron chi connectivity index (χ1n) is 7.49. The van der Waals surface area contributed by atoms with Crippen LogP contribution in [-0.2, 0) is 23.8 Å². The van der Waals surface area contributed by atoms with Crippen molar-refractivity contribution < 1.29 is 23.8 Å². The molecule has 0 aromatic heterocycles. The molecule has 0 bridgehead atoms. The monoisotopic (exact) mass is 343 g/mol. The topological polar surface area (TPSA) is 85.6 Å². The molecule has 0 amide bonds. The van der Waals surface area contributed by atoms with Crippen molar-refractivity contribution in [1.29, 1.82) is 5.26 Å². The van der Waals surface area contributed by atoms with E-state index in [1.165, 1.54) is 26.6 Å². The maximum absolute atomic E-state index is 12.1. The van der Waals surface area contributed by atoms with Gasteiger partial charge < -0.3 is 14.2 Å². The van der Waals surface area contributed by atoms with Gasteiger partial charge in [-0.2, -0.15) is 5.26 Å². The third kappa shape index (κ3) is 5.81. The van der Waals surface area contributed by atoms with Gasteiger partial charge in [-0.1, -0.05) is 24.3 Å².